The molecule has 5 heteroatoms. The van der Waals surface area contributed by atoms with Crippen molar-refractivity contribution in [3.8, 4) is 0 Å². The highest BCUT2D eigenvalue weighted by Gasteiger charge is 2.20. The van der Waals surface area contributed by atoms with E-state index in [0.717, 1.165) is 6.54 Å². The minimum Gasteiger partial charge on any atom is -0.441 e. The molecule has 94 valence electrons. The molecule has 17 heavy (non-hydrogen) atoms. The van der Waals surface area contributed by atoms with Crippen molar-refractivity contribution in [2.24, 2.45) is 0 Å². The highest BCUT2D eigenvalue weighted by Crippen LogP contribution is 2.33. The van der Waals surface area contributed by atoms with Gasteiger partial charge in [-0.05, 0) is 24.1 Å². The van der Waals surface area contributed by atoms with E-state index in [1.165, 1.54) is 11.1 Å². The lowest BCUT2D eigenvalue weighted by Gasteiger charge is -2.19. The number of hydrogen-bond acceptors (Lipinski definition) is 4. The summed E-state index contributed by atoms with van der Waals surface area (Å²) in [5, 5.41) is 3.13. The largest absolute Gasteiger partial charge is 0.441 e. The normalized spacial score (nSPS) is 13.8. The summed E-state index contributed by atoms with van der Waals surface area (Å²) in [6.45, 7) is 5.09. The van der Waals surface area contributed by atoms with E-state index in [-0.39, 0.29) is 6.10 Å². The van der Waals surface area contributed by atoms with Crippen LogP contribution in [0.3, 0.4) is 0 Å². The fourth-order valence-electron chi connectivity index (χ4n) is 1.82. The van der Waals surface area contributed by atoms with Crippen LogP contribution in [0.25, 0.3) is 0 Å². The Labute approximate surface area is 115 Å². The summed E-state index contributed by atoms with van der Waals surface area (Å²) in [7, 11) is 1.91. The molecule has 0 saturated carbocycles. The average molecular weight is 287 g/mol. The van der Waals surface area contributed by atoms with Gasteiger partial charge in [0, 0.05) is 6.54 Å². The molecule has 1 rings (SSSR count). The number of nitrogens with one attached hydrogen (secondary N) is 1. The van der Waals surface area contributed by atoms with Gasteiger partial charge >= 0.3 is 0 Å². The van der Waals surface area contributed by atoms with Crippen molar-refractivity contribution in [3.63, 3.8) is 0 Å². The van der Waals surface area contributed by atoms with Gasteiger partial charge in [-0.25, -0.2) is 0 Å². The molecule has 0 fully saturated rings. The lowest BCUT2D eigenvalue weighted by atomic mass is 9.94. The summed E-state index contributed by atoms with van der Waals surface area (Å²) < 4.78 is 5.70. The van der Waals surface area contributed by atoms with Gasteiger partial charge in [-0.3, -0.25) is 0 Å². The maximum Gasteiger partial charge on any atom is 0.202 e. The van der Waals surface area contributed by atoms with E-state index in [9.17, 15) is 0 Å². The second kappa shape index (κ2) is 7.45. The van der Waals surface area contributed by atoms with Gasteiger partial charge < -0.3 is 17.6 Å². The summed E-state index contributed by atoms with van der Waals surface area (Å²) >= 11 is 10.0. The van der Waals surface area contributed by atoms with Gasteiger partial charge in [-0.2, -0.15) is 4.52 Å². The molecular formula is C12H18NOPS2. The molecule has 0 aliphatic rings. The van der Waals surface area contributed by atoms with E-state index < -0.39 is 6.13 Å². The molecule has 0 bridgehead atoms. The first kappa shape index (κ1) is 15.1. The third-order valence-corrected chi connectivity index (χ3v) is 3.51. The summed E-state index contributed by atoms with van der Waals surface area (Å²) in [5.74, 6) is 0.468. The quantitative estimate of drug-likeness (QED) is 0.639. The Kier molecular flexibility index (Phi) is 6.60. The van der Waals surface area contributed by atoms with Crippen LogP contribution in [0.15, 0.2) is 24.3 Å². The van der Waals surface area contributed by atoms with Crippen LogP contribution in [0.1, 0.15) is 37.0 Å². The highest BCUT2D eigenvalue weighted by atomic mass is 32.9. The first-order valence-corrected chi connectivity index (χ1v) is 8.89. The van der Waals surface area contributed by atoms with E-state index in [0.29, 0.717) is 5.92 Å². The van der Waals surface area contributed by atoms with E-state index in [4.69, 9.17) is 28.6 Å². The van der Waals surface area contributed by atoms with Crippen LogP contribution in [0.5, 0.6) is 0 Å². The Balaban J connectivity index is 3.03. The molecule has 0 aromatic heterocycles. The summed E-state index contributed by atoms with van der Waals surface area (Å²) in [5.41, 5.74) is 2.49. The van der Waals surface area contributed by atoms with Crippen LogP contribution in [-0.2, 0) is 28.6 Å². The zero-order chi connectivity index (χ0) is 12.8. The van der Waals surface area contributed by atoms with Gasteiger partial charge in [-0.15, -0.1) is 0 Å². The van der Waals surface area contributed by atoms with E-state index in [2.05, 4.69) is 37.4 Å². The molecule has 1 N–H and O–H groups in total. The van der Waals surface area contributed by atoms with Gasteiger partial charge in [0.1, 0.15) is 6.10 Å². The summed E-state index contributed by atoms with van der Waals surface area (Å²) in [4.78, 5) is 0. The predicted molar refractivity (Wildman–Crippen MR) is 79.9 cm³/mol. The predicted octanol–water partition coefficient (Wildman–Crippen LogP) is 3.41. The van der Waals surface area contributed by atoms with Crippen LogP contribution in [0.2, 0.25) is 0 Å². The van der Waals surface area contributed by atoms with E-state index >= 15 is 0 Å². The van der Waals surface area contributed by atoms with Gasteiger partial charge in [0.05, 0.1) is 0 Å². The SMILES string of the molecule is CNCC(O[P+](=S)[S-])c1ccccc1C(C)C. The number of hydrogen-bond donors (Lipinski definition) is 1. The third kappa shape index (κ3) is 4.65. The first-order valence-electron chi connectivity index (χ1n) is 5.60. The molecule has 0 aliphatic carbocycles. The second-order valence-electron chi connectivity index (χ2n) is 4.16. The van der Waals surface area contributed by atoms with Crippen molar-refractivity contribution >= 4 is 30.2 Å². The second-order valence-corrected chi connectivity index (χ2v) is 7.50. The van der Waals surface area contributed by atoms with Crippen molar-refractivity contribution in [1.29, 1.82) is 0 Å². The number of likely N-dealkylation sites (N-methyl/N-ethyl adjacent to an activating group) is 1. The minimum atomic E-state index is -1.18. The Bertz CT molecular complexity index is 385. The molecule has 0 aliphatic heterocycles. The molecule has 0 amide bonds. The summed E-state index contributed by atoms with van der Waals surface area (Å²) in [6, 6.07) is 8.32. The molecule has 2 nitrogen and oxygen atoms in total. The molecule has 1 aromatic carbocycles. The fourth-order valence-corrected chi connectivity index (χ4v) is 2.84. The molecular weight excluding hydrogens is 269 g/mol. The van der Waals surface area contributed by atoms with Crippen molar-refractivity contribution in [1.82, 2.24) is 5.32 Å². The standard InChI is InChI=1S/C12H18NOPS2/c1-9(2)10-6-4-5-7-11(10)12(8-13-3)14-15(16)17/h4-7,9,12-13H,8H2,1-3H3. The smallest absolute Gasteiger partial charge is 0.202 e. The van der Waals surface area contributed by atoms with Gasteiger partial charge in [-0.1, -0.05) is 38.1 Å². The number of rotatable bonds is 6. The molecule has 0 saturated heterocycles. The highest BCUT2D eigenvalue weighted by molar-refractivity contribution is 8.45. The monoisotopic (exact) mass is 287 g/mol. The Morgan fingerprint density at radius 2 is 1.94 bits per heavy atom. The summed E-state index contributed by atoms with van der Waals surface area (Å²) in [6.07, 6.45) is -1.22. The van der Waals surface area contributed by atoms with E-state index in [1.807, 2.05) is 13.1 Å². The van der Waals surface area contributed by atoms with Crippen molar-refractivity contribution in [2.75, 3.05) is 13.6 Å². The number of benzene rings is 1. The zero-order valence-corrected chi connectivity index (χ0v) is 12.9. The van der Waals surface area contributed by atoms with Crippen molar-refractivity contribution in [2.45, 2.75) is 25.9 Å². The Morgan fingerprint density at radius 3 is 2.41 bits per heavy atom. The Hall–Kier alpha value is 0.01000. The van der Waals surface area contributed by atoms with Crippen LogP contribution >= 0.6 is 6.13 Å². The van der Waals surface area contributed by atoms with Gasteiger partial charge in [0.15, 0.2) is 11.8 Å². The zero-order valence-electron chi connectivity index (χ0n) is 10.3. The third-order valence-electron chi connectivity index (χ3n) is 2.57. The van der Waals surface area contributed by atoms with Crippen LogP contribution in [0.4, 0.5) is 0 Å². The van der Waals surface area contributed by atoms with Crippen molar-refractivity contribution in [3.05, 3.63) is 35.4 Å². The van der Waals surface area contributed by atoms with Crippen LogP contribution < -0.4 is 5.32 Å². The van der Waals surface area contributed by atoms with Gasteiger partial charge in [0.25, 0.3) is 0 Å². The molecule has 1 aromatic rings. The maximum absolute atomic E-state index is 5.70. The minimum absolute atomic E-state index is 0.0419. The molecule has 2 unspecified atom stereocenters. The Morgan fingerprint density at radius 1 is 1.35 bits per heavy atom. The molecule has 0 heterocycles. The fraction of sp³-hybridized carbons (Fsp3) is 0.500. The average Bonchev–Trinajstić information content (AvgIpc) is 2.28. The molecule has 0 radical (unpaired) electrons. The van der Waals surface area contributed by atoms with Crippen LogP contribution in [-0.4, -0.2) is 13.6 Å². The maximum atomic E-state index is 5.70. The lowest BCUT2D eigenvalue weighted by molar-refractivity contribution is 0.239. The lowest BCUT2D eigenvalue weighted by Crippen LogP contribution is -2.19. The molecule has 2 atom stereocenters. The molecule has 0 spiro atoms. The van der Waals surface area contributed by atoms with E-state index in [1.54, 1.807) is 0 Å². The van der Waals surface area contributed by atoms with Gasteiger partial charge in [0.2, 0.25) is 6.13 Å². The van der Waals surface area contributed by atoms with Crippen molar-refractivity contribution < 1.29 is 4.52 Å². The first-order chi connectivity index (χ1) is 8.06. The topological polar surface area (TPSA) is 21.3 Å². The van der Waals surface area contributed by atoms with Crippen LogP contribution in [0, 0.1) is 0 Å².